The van der Waals surface area contributed by atoms with Crippen molar-refractivity contribution in [2.75, 3.05) is 45.2 Å². The number of hydrogen-bond donors (Lipinski definition) is 4. The fraction of sp³-hybridized carbons (Fsp3) is 0.471. The Balaban J connectivity index is 0.000000703. The summed E-state index contributed by atoms with van der Waals surface area (Å²) >= 11 is 0. The average Bonchev–Trinajstić information content (AvgIpc) is 3.78. The SMILES string of the molecule is C=O.CC.CCN(CCC(=O)N1CCCC1)C(=O)C(C)C.CN(C)c1ccccc1.NC(=O)c1cc2cc(C(F)(F)P(=O)(O)O)ccc2[nH]1. The summed E-state index contributed by atoms with van der Waals surface area (Å²) in [4.78, 5) is 68.2. The predicted molar refractivity (Wildman–Crippen MR) is 190 cm³/mol. The molecular formula is C34H52F2N5O7P. The zero-order valence-corrected chi connectivity index (χ0v) is 30.4. The number of carbonyl (C=O) groups is 4. The molecule has 1 aromatic heterocycles. The number of aromatic amines is 1. The minimum atomic E-state index is -5.62. The van der Waals surface area contributed by atoms with E-state index in [1.807, 2.05) is 78.6 Å². The number of nitrogens with one attached hydrogen (secondary N) is 1. The van der Waals surface area contributed by atoms with Crippen molar-refractivity contribution in [1.82, 2.24) is 14.8 Å². The van der Waals surface area contributed by atoms with Crippen molar-refractivity contribution in [1.29, 1.82) is 0 Å². The summed E-state index contributed by atoms with van der Waals surface area (Å²) in [7, 11) is -1.54. The summed E-state index contributed by atoms with van der Waals surface area (Å²) in [6, 6.07) is 14.5. The van der Waals surface area contributed by atoms with Gasteiger partial charge in [-0.25, -0.2) is 0 Å². The highest BCUT2D eigenvalue weighted by atomic mass is 31.2. The van der Waals surface area contributed by atoms with Crippen LogP contribution in [0.1, 0.15) is 69.9 Å². The third-order valence-electron chi connectivity index (χ3n) is 7.11. The van der Waals surface area contributed by atoms with Crippen LogP contribution in [0.5, 0.6) is 0 Å². The van der Waals surface area contributed by atoms with Gasteiger partial charge in [-0.1, -0.05) is 52.0 Å². The van der Waals surface area contributed by atoms with E-state index in [9.17, 15) is 27.7 Å². The quantitative estimate of drug-likeness (QED) is 0.208. The second-order valence-electron chi connectivity index (χ2n) is 11.1. The molecule has 3 aromatic rings. The smallest absolute Gasteiger partial charge is 0.378 e. The van der Waals surface area contributed by atoms with E-state index >= 15 is 0 Å². The van der Waals surface area contributed by atoms with Crippen molar-refractivity contribution >= 4 is 48.7 Å². The third-order valence-corrected chi connectivity index (χ3v) is 8.10. The van der Waals surface area contributed by atoms with Crippen molar-refractivity contribution in [3.63, 3.8) is 0 Å². The Morgan fingerprint density at radius 1 is 1.02 bits per heavy atom. The molecule has 0 atom stereocenters. The summed E-state index contributed by atoms with van der Waals surface area (Å²) in [5, 5.41) is 0.208. The number of benzene rings is 2. The number of likely N-dealkylation sites (tertiary alicyclic amines) is 1. The number of halogens is 2. The van der Waals surface area contributed by atoms with Gasteiger partial charge < -0.3 is 40.0 Å². The number of primary amides is 1. The lowest BCUT2D eigenvalue weighted by Crippen LogP contribution is -2.38. The Kier molecular flexibility index (Phi) is 19.9. The molecule has 0 aliphatic carbocycles. The Morgan fingerprint density at radius 3 is 2.00 bits per heavy atom. The highest BCUT2D eigenvalue weighted by Gasteiger charge is 2.50. The predicted octanol–water partition coefficient (Wildman–Crippen LogP) is 5.59. The van der Waals surface area contributed by atoms with Crippen molar-refractivity contribution < 1.29 is 42.3 Å². The number of fused-ring (bicyclic) bond motifs is 1. The molecule has 1 aliphatic heterocycles. The van der Waals surface area contributed by atoms with Gasteiger partial charge in [0.25, 0.3) is 5.91 Å². The van der Waals surface area contributed by atoms with Crippen LogP contribution in [0.4, 0.5) is 14.5 Å². The van der Waals surface area contributed by atoms with Gasteiger partial charge in [0.15, 0.2) is 0 Å². The number of aromatic nitrogens is 1. The first-order valence-electron chi connectivity index (χ1n) is 15.9. The second kappa shape index (κ2) is 21.8. The number of rotatable bonds is 9. The number of alkyl halides is 2. The molecule has 274 valence electrons. The summed E-state index contributed by atoms with van der Waals surface area (Å²) in [5.41, 5.74) is 1.54. The Bertz CT molecular complexity index is 1490. The Hall–Kier alpha value is -4.13. The van der Waals surface area contributed by atoms with Crippen molar-refractivity contribution in [3.8, 4) is 0 Å². The summed E-state index contributed by atoms with van der Waals surface area (Å²) in [5.74, 6) is -0.421. The third kappa shape index (κ3) is 14.1. The van der Waals surface area contributed by atoms with E-state index in [2.05, 4.69) is 22.0 Å². The minimum absolute atomic E-state index is 0.0110. The first kappa shape index (κ1) is 44.9. The number of anilines is 1. The molecule has 0 radical (unpaired) electrons. The Morgan fingerprint density at radius 2 is 1.57 bits per heavy atom. The molecule has 0 unspecified atom stereocenters. The van der Waals surface area contributed by atoms with Crippen LogP contribution in [0, 0.1) is 5.92 Å². The number of hydrogen-bond acceptors (Lipinski definition) is 6. The fourth-order valence-corrected chi connectivity index (χ4v) is 4.97. The van der Waals surface area contributed by atoms with Gasteiger partial charge in [0.05, 0.1) is 0 Å². The standard InChI is InChI=1S/C13H24N2O2.C10H9F2N2O4P.C8H11N.C2H6.CH2O/c1-4-14(13(17)11(2)3)10-7-12(16)15-8-5-6-9-15;11-10(12,19(16,17)18)6-1-2-7-5(3-6)4-8(14-7)9(13)15;1-9(2)8-6-4-3-5-7-8;2*1-2/h11H,4-10H2,1-3H3;1-4,14H,(H2,13,15)(H2,16,17,18);3-7H,1-2H3;1-2H3;1H2. The molecule has 0 spiro atoms. The van der Waals surface area contributed by atoms with Gasteiger partial charge >= 0.3 is 13.3 Å². The summed E-state index contributed by atoms with van der Waals surface area (Å²) in [6.07, 6.45) is 2.70. The lowest BCUT2D eigenvalue weighted by Gasteiger charge is -2.24. The van der Waals surface area contributed by atoms with Crippen LogP contribution >= 0.6 is 7.60 Å². The van der Waals surface area contributed by atoms with E-state index in [0.29, 0.717) is 25.0 Å². The fourth-order valence-electron chi connectivity index (χ4n) is 4.49. The van der Waals surface area contributed by atoms with Crippen LogP contribution in [-0.2, 0) is 24.6 Å². The number of amides is 3. The zero-order chi connectivity index (χ0) is 37.9. The average molecular weight is 712 g/mol. The molecule has 2 aromatic carbocycles. The normalized spacial score (nSPS) is 12.2. The van der Waals surface area contributed by atoms with Crippen LogP contribution in [-0.4, -0.2) is 89.4 Å². The highest BCUT2D eigenvalue weighted by Crippen LogP contribution is 2.59. The molecule has 0 saturated carbocycles. The van der Waals surface area contributed by atoms with Crippen LogP contribution < -0.4 is 10.6 Å². The van der Waals surface area contributed by atoms with E-state index < -0.39 is 24.7 Å². The lowest BCUT2D eigenvalue weighted by molar-refractivity contribution is -0.136. The van der Waals surface area contributed by atoms with Gasteiger partial charge in [-0.05, 0) is 50.1 Å². The molecule has 1 fully saturated rings. The zero-order valence-electron chi connectivity index (χ0n) is 29.5. The molecule has 49 heavy (non-hydrogen) atoms. The van der Waals surface area contributed by atoms with E-state index in [-0.39, 0.29) is 28.8 Å². The van der Waals surface area contributed by atoms with Gasteiger partial charge in [-0.2, -0.15) is 8.78 Å². The van der Waals surface area contributed by atoms with Crippen LogP contribution in [0.3, 0.4) is 0 Å². The summed E-state index contributed by atoms with van der Waals surface area (Å²) < 4.78 is 37.7. The number of nitrogens with zero attached hydrogens (tertiary/aromatic N) is 3. The topological polar surface area (TPSA) is 177 Å². The van der Waals surface area contributed by atoms with Gasteiger partial charge in [0, 0.05) is 74.8 Å². The lowest BCUT2D eigenvalue weighted by atomic mass is 10.1. The van der Waals surface area contributed by atoms with E-state index in [0.717, 1.165) is 38.1 Å². The molecule has 15 heteroatoms. The molecule has 3 amide bonds. The van der Waals surface area contributed by atoms with E-state index in [1.165, 1.54) is 17.8 Å². The van der Waals surface area contributed by atoms with Crippen LogP contribution in [0.15, 0.2) is 54.6 Å². The van der Waals surface area contributed by atoms with Gasteiger partial charge in [0.2, 0.25) is 11.8 Å². The maximum atomic E-state index is 13.5. The molecule has 0 bridgehead atoms. The molecule has 2 heterocycles. The molecule has 5 N–H and O–H groups in total. The van der Waals surface area contributed by atoms with E-state index in [4.69, 9.17) is 20.3 Å². The van der Waals surface area contributed by atoms with Crippen molar-refractivity contribution in [2.45, 2.75) is 59.5 Å². The highest BCUT2D eigenvalue weighted by molar-refractivity contribution is 7.52. The molecule has 12 nitrogen and oxygen atoms in total. The minimum Gasteiger partial charge on any atom is -0.378 e. The van der Waals surface area contributed by atoms with Gasteiger partial charge in [0.1, 0.15) is 12.5 Å². The summed E-state index contributed by atoms with van der Waals surface area (Å²) in [6.45, 7) is 14.8. The second-order valence-corrected chi connectivity index (χ2v) is 12.7. The van der Waals surface area contributed by atoms with Crippen LogP contribution in [0.25, 0.3) is 10.9 Å². The first-order chi connectivity index (χ1) is 23.0. The molecule has 1 saturated heterocycles. The maximum Gasteiger partial charge on any atom is 0.399 e. The number of H-pyrrole nitrogens is 1. The van der Waals surface area contributed by atoms with Gasteiger partial charge in [-0.3, -0.25) is 18.9 Å². The molecule has 4 rings (SSSR count). The number of para-hydroxylation sites is 1. The van der Waals surface area contributed by atoms with E-state index in [1.54, 1.807) is 4.90 Å². The first-order valence-corrected chi connectivity index (χ1v) is 17.5. The molecular weight excluding hydrogens is 659 g/mol. The monoisotopic (exact) mass is 711 g/mol. The van der Waals surface area contributed by atoms with Crippen molar-refractivity contribution in [3.05, 3.63) is 65.9 Å². The maximum absolute atomic E-state index is 13.5. The number of carbonyl (C=O) groups excluding carboxylic acids is 4. The van der Waals surface area contributed by atoms with Crippen LogP contribution in [0.2, 0.25) is 0 Å². The number of nitrogens with two attached hydrogens (primary N) is 1. The van der Waals surface area contributed by atoms with Gasteiger partial charge in [-0.15, -0.1) is 0 Å². The Labute approximate surface area is 287 Å². The largest absolute Gasteiger partial charge is 0.399 e. The van der Waals surface area contributed by atoms with Crippen molar-refractivity contribution in [2.24, 2.45) is 11.7 Å². The molecule has 1 aliphatic rings.